The van der Waals surface area contributed by atoms with E-state index in [0.717, 1.165) is 37.8 Å². The van der Waals surface area contributed by atoms with Crippen LogP contribution in [0.4, 0.5) is 4.39 Å². The van der Waals surface area contributed by atoms with Gasteiger partial charge in [0.2, 0.25) is 15.9 Å². The molecule has 1 aromatic rings. The third-order valence-electron chi connectivity index (χ3n) is 4.36. The van der Waals surface area contributed by atoms with Crippen LogP contribution in [-0.4, -0.2) is 26.4 Å². The summed E-state index contributed by atoms with van der Waals surface area (Å²) in [5.74, 6) is -0.678. The predicted molar refractivity (Wildman–Crippen MR) is 90.4 cm³/mol. The van der Waals surface area contributed by atoms with Gasteiger partial charge >= 0.3 is 0 Å². The Hall–Kier alpha value is -1.47. The zero-order chi connectivity index (χ0) is 17.7. The van der Waals surface area contributed by atoms with Crippen molar-refractivity contribution in [3.8, 4) is 0 Å². The monoisotopic (exact) mass is 356 g/mol. The third kappa shape index (κ3) is 5.27. The number of carbonyl (C=O) groups is 1. The quantitative estimate of drug-likeness (QED) is 0.788. The highest BCUT2D eigenvalue weighted by Gasteiger charge is 2.26. The van der Waals surface area contributed by atoms with Gasteiger partial charge in [-0.25, -0.2) is 17.5 Å². The van der Waals surface area contributed by atoms with Gasteiger partial charge in [0, 0.05) is 18.5 Å². The van der Waals surface area contributed by atoms with E-state index in [1.54, 1.807) is 0 Å². The summed E-state index contributed by atoms with van der Waals surface area (Å²) >= 11 is 0. The van der Waals surface area contributed by atoms with Crippen LogP contribution in [0.3, 0.4) is 0 Å². The van der Waals surface area contributed by atoms with Crippen LogP contribution in [0.1, 0.15) is 46.0 Å². The minimum atomic E-state index is -3.79. The summed E-state index contributed by atoms with van der Waals surface area (Å²) in [5, 5.41) is 2.97. The molecule has 24 heavy (non-hydrogen) atoms. The molecule has 1 atom stereocenters. The molecule has 0 aliphatic heterocycles. The summed E-state index contributed by atoms with van der Waals surface area (Å²) in [7, 11) is -3.79. The molecule has 1 aromatic carbocycles. The summed E-state index contributed by atoms with van der Waals surface area (Å²) in [5.41, 5.74) is 0. The van der Waals surface area contributed by atoms with E-state index in [-0.39, 0.29) is 29.2 Å². The van der Waals surface area contributed by atoms with Crippen molar-refractivity contribution in [2.75, 3.05) is 0 Å². The van der Waals surface area contributed by atoms with Crippen molar-refractivity contribution in [2.45, 2.75) is 62.9 Å². The van der Waals surface area contributed by atoms with Gasteiger partial charge in [-0.1, -0.05) is 26.7 Å². The molecule has 134 valence electrons. The Morgan fingerprint density at radius 3 is 2.33 bits per heavy atom. The largest absolute Gasteiger partial charge is 0.353 e. The van der Waals surface area contributed by atoms with Crippen LogP contribution in [0.25, 0.3) is 0 Å². The number of rotatable bonds is 7. The molecule has 2 rings (SSSR count). The molecular formula is C17H25FN2O3S. The number of benzene rings is 1. The molecule has 5 nitrogen and oxygen atoms in total. The van der Waals surface area contributed by atoms with E-state index in [0.29, 0.717) is 0 Å². The minimum Gasteiger partial charge on any atom is -0.353 e. The van der Waals surface area contributed by atoms with Gasteiger partial charge in [0.25, 0.3) is 0 Å². The zero-order valence-electron chi connectivity index (χ0n) is 14.1. The zero-order valence-corrected chi connectivity index (χ0v) is 14.9. The number of carbonyl (C=O) groups excluding carboxylic acids is 1. The van der Waals surface area contributed by atoms with Crippen LogP contribution in [0.2, 0.25) is 0 Å². The number of hydrogen-bond acceptors (Lipinski definition) is 3. The van der Waals surface area contributed by atoms with E-state index in [1.165, 1.54) is 12.1 Å². The number of amides is 1. The molecule has 1 aliphatic carbocycles. The van der Waals surface area contributed by atoms with Gasteiger partial charge in [-0.05, 0) is 43.0 Å². The fraction of sp³-hybridized carbons (Fsp3) is 0.588. The average Bonchev–Trinajstić information content (AvgIpc) is 2.99. The highest BCUT2D eigenvalue weighted by molar-refractivity contribution is 7.89. The highest BCUT2D eigenvalue weighted by atomic mass is 32.2. The van der Waals surface area contributed by atoms with Gasteiger partial charge in [0.1, 0.15) is 5.82 Å². The van der Waals surface area contributed by atoms with Gasteiger partial charge in [0.05, 0.1) is 4.90 Å². The molecule has 1 saturated carbocycles. The van der Waals surface area contributed by atoms with Crippen LogP contribution < -0.4 is 10.0 Å². The second-order valence-electron chi connectivity index (χ2n) is 6.68. The Kier molecular flexibility index (Phi) is 6.34. The second-order valence-corrected chi connectivity index (χ2v) is 8.39. The lowest BCUT2D eigenvalue weighted by Crippen LogP contribution is -2.43. The van der Waals surface area contributed by atoms with Crippen molar-refractivity contribution in [1.29, 1.82) is 0 Å². The Labute approximate surface area is 143 Å². The fourth-order valence-electron chi connectivity index (χ4n) is 2.85. The average molecular weight is 356 g/mol. The van der Waals surface area contributed by atoms with E-state index >= 15 is 0 Å². The van der Waals surface area contributed by atoms with Crippen molar-refractivity contribution in [3.63, 3.8) is 0 Å². The van der Waals surface area contributed by atoms with Crippen LogP contribution in [0.15, 0.2) is 29.2 Å². The lowest BCUT2D eigenvalue weighted by atomic mass is 10.0. The molecule has 0 radical (unpaired) electrons. The highest BCUT2D eigenvalue weighted by Crippen LogP contribution is 2.19. The third-order valence-corrected chi connectivity index (χ3v) is 5.87. The number of sulfonamides is 1. The van der Waals surface area contributed by atoms with Gasteiger partial charge in [-0.2, -0.15) is 0 Å². The van der Waals surface area contributed by atoms with Gasteiger partial charge in [-0.3, -0.25) is 4.79 Å². The Morgan fingerprint density at radius 2 is 1.79 bits per heavy atom. The maximum absolute atomic E-state index is 13.0. The summed E-state index contributed by atoms with van der Waals surface area (Å²) in [4.78, 5) is 12.2. The van der Waals surface area contributed by atoms with Crippen molar-refractivity contribution < 1.29 is 17.6 Å². The molecule has 1 fully saturated rings. The minimum absolute atomic E-state index is 0.00856. The second kappa shape index (κ2) is 8.07. The van der Waals surface area contributed by atoms with E-state index in [4.69, 9.17) is 0 Å². The summed E-state index contributed by atoms with van der Waals surface area (Å²) < 4.78 is 40.4. The first kappa shape index (κ1) is 18.9. The lowest BCUT2D eigenvalue weighted by Gasteiger charge is -2.23. The molecule has 1 amide bonds. The van der Waals surface area contributed by atoms with Crippen molar-refractivity contribution >= 4 is 15.9 Å². The summed E-state index contributed by atoms with van der Waals surface area (Å²) in [6.07, 6.45) is 4.30. The first-order valence-electron chi connectivity index (χ1n) is 8.35. The molecule has 0 heterocycles. The van der Waals surface area contributed by atoms with Crippen molar-refractivity contribution in [2.24, 2.45) is 5.92 Å². The Bertz CT molecular complexity index is 653. The molecule has 0 aromatic heterocycles. The standard InChI is InChI=1S/C17H25FN2O3S/c1-12(2)16(11-17(21)19-14-5-3-4-6-14)20-24(22,23)15-9-7-13(18)8-10-15/h7-10,12,14,16,20H,3-6,11H2,1-2H3,(H,19,21). The number of hydrogen-bond donors (Lipinski definition) is 2. The Morgan fingerprint density at radius 1 is 1.21 bits per heavy atom. The van der Waals surface area contributed by atoms with Crippen LogP contribution in [0.5, 0.6) is 0 Å². The fourth-order valence-corrected chi connectivity index (χ4v) is 4.24. The summed E-state index contributed by atoms with van der Waals surface area (Å²) in [6, 6.07) is 4.33. The molecule has 1 unspecified atom stereocenters. The van der Waals surface area contributed by atoms with Crippen LogP contribution in [0, 0.1) is 11.7 Å². The number of nitrogens with one attached hydrogen (secondary N) is 2. The topological polar surface area (TPSA) is 75.3 Å². The van der Waals surface area contributed by atoms with Crippen LogP contribution in [-0.2, 0) is 14.8 Å². The first-order valence-corrected chi connectivity index (χ1v) is 9.83. The molecule has 0 bridgehead atoms. The first-order chi connectivity index (χ1) is 11.3. The Balaban J connectivity index is 2.01. The number of halogens is 1. The maximum Gasteiger partial charge on any atom is 0.240 e. The van der Waals surface area contributed by atoms with Gasteiger partial charge in [-0.15, -0.1) is 0 Å². The van der Waals surface area contributed by atoms with E-state index in [1.807, 2.05) is 13.8 Å². The molecule has 0 saturated heterocycles. The molecule has 0 spiro atoms. The normalized spacial score (nSPS) is 17.2. The molecule has 1 aliphatic rings. The van der Waals surface area contributed by atoms with Crippen LogP contribution >= 0.6 is 0 Å². The predicted octanol–water partition coefficient (Wildman–Crippen LogP) is 2.58. The smallest absolute Gasteiger partial charge is 0.240 e. The molecule has 2 N–H and O–H groups in total. The molecular weight excluding hydrogens is 331 g/mol. The van der Waals surface area contributed by atoms with Crippen molar-refractivity contribution in [3.05, 3.63) is 30.1 Å². The maximum atomic E-state index is 13.0. The van der Waals surface area contributed by atoms with Gasteiger partial charge < -0.3 is 5.32 Å². The summed E-state index contributed by atoms with van der Waals surface area (Å²) in [6.45, 7) is 3.72. The van der Waals surface area contributed by atoms with E-state index in [9.17, 15) is 17.6 Å². The van der Waals surface area contributed by atoms with E-state index < -0.39 is 21.9 Å². The van der Waals surface area contributed by atoms with E-state index in [2.05, 4.69) is 10.0 Å². The van der Waals surface area contributed by atoms with Gasteiger partial charge in [0.15, 0.2) is 0 Å². The van der Waals surface area contributed by atoms with Crippen molar-refractivity contribution in [1.82, 2.24) is 10.0 Å². The lowest BCUT2D eigenvalue weighted by molar-refractivity contribution is -0.122. The molecule has 7 heteroatoms. The SMILES string of the molecule is CC(C)C(CC(=O)NC1CCCC1)NS(=O)(=O)c1ccc(F)cc1.